The van der Waals surface area contributed by atoms with Gasteiger partial charge in [-0.15, -0.1) is 0 Å². The summed E-state index contributed by atoms with van der Waals surface area (Å²) in [5.74, 6) is -0.578. The molecule has 162 valence electrons. The fourth-order valence-corrected chi connectivity index (χ4v) is 3.89. The third-order valence-corrected chi connectivity index (χ3v) is 5.57. The number of anilines is 1. The SMILES string of the molecule is O=C(Cc1ccc(N2CCCC2=O)cc1)O[C@H](C(=O)N1CCOCC1)c1ccccc1. The monoisotopic (exact) mass is 422 g/mol. The number of esters is 1. The van der Waals surface area contributed by atoms with Gasteiger partial charge in [-0.1, -0.05) is 42.5 Å². The fraction of sp³-hybridized carbons (Fsp3) is 0.375. The molecule has 0 unspecified atom stereocenters. The molecule has 0 aromatic heterocycles. The number of amides is 2. The standard InChI is InChI=1S/C24H26N2O5/c27-21-7-4-12-26(21)20-10-8-18(9-11-20)17-22(28)31-23(19-5-2-1-3-6-19)24(29)25-13-15-30-16-14-25/h1-3,5-6,8-11,23H,4,7,12-17H2/t23-/m0/s1. The molecule has 0 aliphatic carbocycles. The maximum Gasteiger partial charge on any atom is 0.311 e. The molecule has 2 saturated heterocycles. The fourth-order valence-electron chi connectivity index (χ4n) is 3.89. The number of carbonyl (C=O) groups excluding carboxylic acids is 3. The van der Waals surface area contributed by atoms with Crippen molar-refractivity contribution >= 4 is 23.5 Å². The Labute approximate surface area is 181 Å². The first-order valence-electron chi connectivity index (χ1n) is 10.6. The van der Waals surface area contributed by atoms with Crippen LogP contribution in [0.5, 0.6) is 0 Å². The smallest absolute Gasteiger partial charge is 0.311 e. The van der Waals surface area contributed by atoms with E-state index in [1.807, 2.05) is 42.5 Å². The lowest BCUT2D eigenvalue weighted by molar-refractivity contribution is -0.162. The van der Waals surface area contributed by atoms with E-state index in [4.69, 9.17) is 9.47 Å². The summed E-state index contributed by atoms with van der Waals surface area (Å²) >= 11 is 0. The number of rotatable bonds is 6. The van der Waals surface area contributed by atoms with Crippen molar-refractivity contribution in [2.24, 2.45) is 0 Å². The van der Waals surface area contributed by atoms with Crippen LogP contribution in [0, 0.1) is 0 Å². The van der Waals surface area contributed by atoms with E-state index in [0.29, 0.717) is 38.3 Å². The highest BCUT2D eigenvalue weighted by molar-refractivity contribution is 5.95. The number of morpholine rings is 1. The van der Waals surface area contributed by atoms with Crippen molar-refractivity contribution in [3.05, 3.63) is 65.7 Å². The Morgan fingerprint density at radius 1 is 0.968 bits per heavy atom. The molecule has 4 rings (SSSR count). The molecule has 2 aliphatic rings. The van der Waals surface area contributed by atoms with Crippen LogP contribution in [0.2, 0.25) is 0 Å². The number of hydrogen-bond acceptors (Lipinski definition) is 5. The molecule has 2 aromatic rings. The summed E-state index contributed by atoms with van der Waals surface area (Å²) in [4.78, 5) is 41.1. The number of hydrogen-bond donors (Lipinski definition) is 0. The van der Waals surface area contributed by atoms with E-state index < -0.39 is 12.1 Å². The molecule has 0 spiro atoms. The zero-order chi connectivity index (χ0) is 21.6. The Morgan fingerprint density at radius 3 is 2.32 bits per heavy atom. The first kappa shape index (κ1) is 21.1. The molecule has 1 atom stereocenters. The molecule has 2 heterocycles. The third-order valence-electron chi connectivity index (χ3n) is 5.57. The van der Waals surface area contributed by atoms with E-state index in [2.05, 4.69) is 0 Å². The molecule has 2 amide bonds. The van der Waals surface area contributed by atoms with Crippen molar-refractivity contribution in [3.8, 4) is 0 Å². The Bertz CT molecular complexity index is 923. The molecule has 0 bridgehead atoms. The van der Waals surface area contributed by atoms with Crippen molar-refractivity contribution in [2.75, 3.05) is 37.7 Å². The molecular formula is C24H26N2O5. The average Bonchev–Trinajstić information content (AvgIpc) is 3.24. The third kappa shape index (κ3) is 5.11. The van der Waals surface area contributed by atoms with Crippen LogP contribution >= 0.6 is 0 Å². The summed E-state index contributed by atoms with van der Waals surface area (Å²) < 4.78 is 11.0. The highest BCUT2D eigenvalue weighted by Crippen LogP contribution is 2.24. The second-order valence-corrected chi connectivity index (χ2v) is 7.71. The molecule has 7 nitrogen and oxygen atoms in total. The van der Waals surface area contributed by atoms with Gasteiger partial charge in [0, 0.05) is 37.3 Å². The molecule has 2 fully saturated rings. The minimum atomic E-state index is -0.978. The van der Waals surface area contributed by atoms with Crippen molar-refractivity contribution in [1.29, 1.82) is 0 Å². The highest BCUT2D eigenvalue weighted by atomic mass is 16.5. The van der Waals surface area contributed by atoms with Gasteiger partial charge in [0.1, 0.15) is 0 Å². The molecule has 0 saturated carbocycles. The van der Waals surface area contributed by atoms with Crippen molar-refractivity contribution in [2.45, 2.75) is 25.4 Å². The van der Waals surface area contributed by atoms with E-state index in [9.17, 15) is 14.4 Å². The van der Waals surface area contributed by atoms with Crippen LogP contribution in [-0.4, -0.2) is 55.5 Å². The summed E-state index contributed by atoms with van der Waals surface area (Å²) in [5, 5.41) is 0. The van der Waals surface area contributed by atoms with Gasteiger partial charge in [-0.3, -0.25) is 14.4 Å². The summed E-state index contributed by atoms with van der Waals surface area (Å²) in [5.41, 5.74) is 2.26. The predicted octanol–water partition coefficient (Wildman–Crippen LogP) is 2.50. The van der Waals surface area contributed by atoms with Gasteiger partial charge in [0.15, 0.2) is 0 Å². The van der Waals surface area contributed by atoms with Gasteiger partial charge in [0.25, 0.3) is 5.91 Å². The first-order valence-corrected chi connectivity index (χ1v) is 10.6. The number of nitrogens with zero attached hydrogens (tertiary/aromatic N) is 2. The molecule has 0 radical (unpaired) electrons. The van der Waals surface area contributed by atoms with E-state index in [1.54, 1.807) is 21.9 Å². The van der Waals surface area contributed by atoms with Gasteiger partial charge in [0.05, 0.1) is 19.6 Å². The summed E-state index contributed by atoms with van der Waals surface area (Å²) in [6, 6.07) is 16.4. The summed E-state index contributed by atoms with van der Waals surface area (Å²) in [7, 11) is 0. The van der Waals surface area contributed by atoms with Crippen molar-refractivity contribution in [3.63, 3.8) is 0 Å². The van der Waals surface area contributed by atoms with Gasteiger partial charge < -0.3 is 19.3 Å². The predicted molar refractivity (Wildman–Crippen MR) is 114 cm³/mol. The van der Waals surface area contributed by atoms with Crippen LogP contribution in [0.25, 0.3) is 0 Å². The lowest BCUT2D eigenvalue weighted by Crippen LogP contribution is -2.44. The van der Waals surface area contributed by atoms with E-state index >= 15 is 0 Å². The lowest BCUT2D eigenvalue weighted by atomic mass is 10.1. The Balaban J connectivity index is 1.43. The minimum absolute atomic E-state index is 0.0496. The Kier molecular flexibility index (Phi) is 6.62. The molecule has 0 N–H and O–H groups in total. The van der Waals surface area contributed by atoms with Crippen LogP contribution in [0.1, 0.15) is 30.1 Å². The van der Waals surface area contributed by atoms with Gasteiger partial charge in [-0.25, -0.2) is 0 Å². The Morgan fingerprint density at radius 2 is 1.68 bits per heavy atom. The average molecular weight is 422 g/mol. The lowest BCUT2D eigenvalue weighted by Gasteiger charge is -2.30. The Hall–Kier alpha value is -3.19. The second-order valence-electron chi connectivity index (χ2n) is 7.71. The molecule has 31 heavy (non-hydrogen) atoms. The highest BCUT2D eigenvalue weighted by Gasteiger charge is 2.30. The van der Waals surface area contributed by atoms with Crippen molar-refractivity contribution < 1.29 is 23.9 Å². The van der Waals surface area contributed by atoms with Crippen LogP contribution < -0.4 is 4.90 Å². The number of benzene rings is 2. The van der Waals surface area contributed by atoms with E-state index in [0.717, 1.165) is 24.2 Å². The van der Waals surface area contributed by atoms with Gasteiger partial charge in [0.2, 0.25) is 12.0 Å². The summed E-state index contributed by atoms with van der Waals surface area (Å²) in [6.45, 7) is 2.65. The number of carbonyl (C=O) groups is 3. The van der Waals surface area contributed by atoms with Crippen LogP contribution in [-0.2, 0) is 30.3 Å². The zero-order valence-corrected chi connectivity index (χ0v) is 17.4. The van der Waals surface area contributed by atoms with Crippen LogP contribution in [0.4, 0.5) is 5.69 Å². The summed E-state index contributed by atoms with van der Waals surface area (Å²) in [6.07, 6.45) is 0.513. The maximum absolute atomic E-state index is 13.1. The van der Waals surface area contributed by atoms with Gasteiger partial charge in [-0.05, 0) is 24.1 Å². The van der Waals surface area contributed by atoms with Gasteiger partial charge in [-0.2, -0.15) is 0 Å². The molecular weight excluding hydrogens is 396 g/mol. The molecule has 7 heteroatoms. The second kappa shape index (κ2) is 9.75. The van der Waals surface area contributed by atoms with E-state index in [-0.39, 0.29) is 18.2 Å². The normalized spacial score (nSPS) is 17.5. The topological polar surface area (TPSA) is 76.2 Å². The van der Waals surface area contributed by atoms with Gasteiger partial charge >= 0.3 is 5.97 Å². The van der Waals surface area contributed by atoms with E-state index in [1.165, 1.54) is 0 Å². The van der Waals surface area contributed by atoms with Crippen molar-refractivity contribution in [1.82, 2.24) is 4.90 Å². The molecule has 2 aromatic carbocycles. The largest absolute Gasteiger partial charge is 0.447 e. The molecule has 2 aliphatic heterocycles. The minimum Gasteiger partial charge on any atom is -0.447 e. The quantitative estimate of drug-likeness (QED) is 0.669. The first-order chi connectivity index (χ1) is 15.1. The van der Waals surface area contributed by atoms with Crippen LogP contribution in [0.3, 0.4) is 0 Å². The maximum atomic E-state index is 13.1. The number of ether oxygens (including phenoxy) is 2. The van der Waals surface area contributed by atoms with Crippen LogP contribution in [0.15, 0.2) is 54.6 Å². The zero-order valence-electron chi connectivity index (χ0n) is 17.4.